The number of aliphatic hydroxyl groups is 2. The monoisotopic (exact) mass is 409 g/mol. The maximum Gasteiger partial charge on any atom is 0.143 e. The van der Waals surface area contributed by atoms with Crippen LogP contribution >= 0.6 is 0 Å². The summed E-state index contributed by atoms with van der Waals surface area (Å²) in [4.78, 5) is 20.2. The molecule has 158 valence electrons. The number of carbonyl (C=O) groups is 1. The number of aliphatic hydroxyl groups excluding tert-OH is 2. The number of carboxylic acid groups (broad SMARTS) is 1. The van der Waals surface area contributed by atoms with Crippen molar-refractivity contribution in [1.82, 2.24) is 14.5 Å². The van der Waals surface area contributed by atoms with E-state index in [1.165, 1.54) is 12.1 Å². The Morgan fingerprint density at radius 2 is 1.87 bits per heavy atom. The minimum atomic E-state index is -1.26. The summed E-state index contributed by atoms with van der Waals surface area (Å²) in [5, 5.41) is 30.6. The molecule has 2 heterocycles. The number of fused-ring (bicyclic) bond motifs is 1. The zero-order valence-electron chi connectivity index (χ0n) is 16.9. The predicted molar refractivity (Wildman–Crippen MR) is 112 cm³/mol. The molecule has 1 aromatic heterocycles. The van der Waals surface area contributed by atoms with Crippen molar-refractivity contribution in [3.8, 4) is 5.69 Å². The van der Waals surface area contributed by atoms with Gasteiger partial charge in [-0.1, -0.05) is 12.1 Å². The normalized spacial score (nSPS) is 16.2. The standard InChI is InChI=1S/C22H26N4O4/c1-15(28)21-23-19-13-16(22(29)30)5-6-20(19)26(21)18-4-2-3-17(14-18)25-9-7-24(8-10-25)11-12-27/h2-6,13-15,27-28H,7-12H2,1H3,(H,29,30)/p-1. The molecule has 0 radical (unpaired) electrons. The van der Waals surface area contributed by atoms with Crippen LogP contribution in [0.4, 0.5) is 5.69 Å². The van der Waals surface area contributed by atoms with E-state index in [0.717, 1.165) is 43.1 Å². The van der Waals surface area contributed by atoms with Gasteiger partial charge in [0.25, 0.3) is 0 Å². The number of benzene rings is 2. The lowest BCUT2D eigenvalue weighted by molar-refractivity contribution is -0.255. The third-order valence-electron chi connectivity index (χ3n) is 5.53. The summed E-state index contributed by atoms with van der Waals surface area (Å²) in [6, 6.07) is 12.7. The Balaban J connectivity index is 1.71. The van der Waals surface area contributed by atoms with E-state index >= 15 is 0 Å². The summed E-state index contributed by atoms with van der Waals surface area (Å²) in [5.74, 6) is -0.808. The van der Waals surface area contributed by atoms with Crippen LogP contribution in [0, 0.1) is 0 Å². The van der Waals surface area contributed by atoms with Crippen LogP contribution in [-0.2, 0) is 0 Å². The van der Waals surface area contributed by atoms with Crippen LogP contribution in [-0.4, -0.2) is 70.0 Å². The van der Waals surface area contributed by atoms with Gasteiger partial charge in [0.15, 0.2) is 0 Å². The van der Waals surface area contributed by atoms with Crippen molar-refractivity contribution in [2.24, 2.45) is 0 Å². The lowest BCUT2D eigenvalue weighted by atomic mass is 10.2. The zero-order valence-corrected chi connectivity index (χ0v) is 16.9. The summed E-state index contributed by atoms with van der Waals surface area (Å²) in [6.07, 6.45) is -0.825. The second-order valence-corrected chi connectivity index (χ2v) is 7.54. The lowest BCUT2D eigenvalue weighted by Gasteiger charge is -2.36. The van der Waals surface area contributed by atoms with Gasteiger partial charge >= 0.3 is 0 Å². The summed E-state index contributed by atoms with van der Waals surface area (Å²) < 4.78 is 1.87. The van der Waals surface area contributed by atoms with Crippen LogP contribution in [0.15, 0.2) is 42.5 Å². The van der Waals surface area contributed by atoms with E-state index < -0.39 is 12.1 Å². The molecule has 0 amide bonds. The molecule has 8 heteroatoms. The smallest absolute Gasteiger partial charge is 0.143 e. The van der Waals surface area contributed by atoms with Gasteiger partial charge in [0.1, 0.15) is 11.9 Å². The highest BCUT2D eigenvalue weighted by atomic mass is 16.4. The SMILES string of the molecule is CC(O)c1nc2cc(C(=O)[O-])ccc2n1-c1cccc(N2CCN(CCO)CC2)c1. The van der Waals surface area contributed by atoms with E-state index in [1.54, 1.807) is 13.0 Å². The molecule has 3 aromatic rings. The third kappa shape index (κ3) is 3.89. The zero-order chi connectivity index (χ0) is 21.3. The number of aromatic carboxylic acids is 1. The first kappa shape index (κ1) is 20.3. The minimum Gasteiger partial charge on any atom is -0.545 e. The van der Waals surface area contributed by atoms with Crippen molar-refractivity contribution < 1.29 is 20.1 Å². The predicted octanol–water partition coefficient (Wildman–Crippen LogP) is 0.557. The van der Waals surface area contributed by atoms with Gasteiger partial charge < -0.3 is 25.0 Å². The van der Waals surface area contributed by atoms with Crippen LogP contribution < -0.4 is 10.0 Å². The molecule has 0 aliphatic carbocycles. The first-order valence-electron chi connectivity index (χ1n) is 10.1. The van der Waals surface area contributed by atoms with E-state index in [9.17, 15) is 15.0 Å². The topological polar surface area (TPSA) is 105 Å². The molecule has 1 aliphatic rings. The average molecular weight is 409 g/mol. The molecule has 2 aromatic carbocycles. The van der Waals surface area contributed by atoms with E-state index in [0.29, 0.717) is 17.9 Å². The molecule has 0 bridgehead atoms. The fourth-order valence-electron chi connectivity index (χ4n) is 3.98. The highest BCUT2D eigenvalue weighted by Gasteiger charge is 2.20. The quantitative estimate of drug-likeness (QED) is 0.613. The number of rotatable bonds is 6. The Kier molecular flexibility index (Phi) is 5.72. The van der Waals surface area contributed by atoms with Gasteiger partial charge in [-0.2, -0.15) is 0 Å². The molecule has 1 atom stereocenters. The summed E-state index contributed by atoms with van der Waals surface area (Å²) in [6.45, 7) is 6.03. The molecule has 1 saturated heterocycles. The van der Waals surface area contributed by atoms with Gasteiger partial charge in [-0.15, -0.1) is 0 Å². The fourth-order valence-corrected chi connectivity index (χ4v) is 3.98. The van der Waals surface area contributed by atoms with Gasteiger partial charge in [-0.05, 0) is 42.8 Å². The molecule has 1 unspecified atom stereocenters. The Morgan fingerprint density at radius 1 is 1.13 bits per heavy atom. The Bertz CT molecular complexity index is 1050. The average Bonchev–Trinajstić information content (AvgIpc) is 3.14. The molecule has 2 N–H and O–H groups in total. The molecule has 0 saturated carbocycles. The van der Waals surface area contributed by atoms with Gasteiger partial charge in [-0.25, -0.2) is 4.98 Å². The maximum atomic E-state index is 11.2. The van der Waals surface area contributed by atoms with Gasteiger partial charge in [0.2, 0.25) is 0 Å². The summed E-state index contributed by atoms with van der Waals surface area (Å²) in [5.41, 5.74) is 3.20. The molecule has 1 fully saturated rings. The number of carbonyl (C=O) groups excluding carboxylic acids is 1. The first-order valence-corrected chi connectivity index (χ1v) is 10.1. The Hall–Kier alpha value is -2.94. The fraction of sp³-hybridized carbons (Fsp3) is 0.364. The van der Waals surface area contributed by atoms with Crippen molar-refractivity contribution in [2.75, 3.05) is 44.2 Å². The first-order chi connectivity index (χ1) is 14.5. The van der Waals surface area contributed by atoms with Gasteiger partial charge in [-0.3, -0.25) is 9.47 Å². The molecule has 8 nitrogen and oxygen atoms in total. The molecular formula is C22H25N4O4-. The van der Waals surface area contributed by atoms with Crippen LogP contribution in [0.2, 0.25) is 0 Å². The van der Waals surface area contributed by atoms with Crippen LogP contribution in [0.3, 0.4) is 0 Å². The second kappa shape index (κ2) is 8.43. The van der Waals surface area contributed by atoms with Gasteiger partial charge in [0.05, 0.1) is 23.6 Å². The number of β-amino-alcohol motifs (C(OH)–C–C–N with tert-alkyl or cyclic N) is 1. The van der Waals surface area contributed by atoms with Gasteiger partial charge in [0, 0.05) is 44.1 Å². The Morgan fingerprint density at radius 3 is 2.53 bits per heavy atom. The number of carboxylic acids is 1. The van der Waals surface area contributed by atoms with Crippen molar-refractivity contribution in [2.45, 2.75) is 13.0 Å². The second-order valence-electron chi connectivity index (χ2n) is 7.54. The van der Waals surface area contributed by atoms with E-state index in [1.807, 2.05) is 16.7 Å². The maximum absolute atomic E-state index is 11.2. The van der Waals surface area contributed by atoms with E-state index in [4.69, 9.17) is 5.11 Å². The Labute approximate surface area is 174 Å². The van der Waals surface area contributed by atoms with Crippen LogP contribution in [0.5, 0.6) is 0 Å². The summed E-state index contributed by atoms with van der Waals surface area (Å²) in [7, 11) is 0. The van der Waals surface area contributed by atoms with Crippen molar-refractivity contribution in [1.29, 1.82) is 0 Å². The van der Waals surface area contributed by atoms with E-state index in [2.05, 4.69) is 26.9 Å². The molecule has 4 rings (SSSR count). The number of nitrogens with zero attached hydrogens (tertiary/aromatic N) is 4. The van der Waals surface area contributed by atoms with Crippen LogP contribution in [0.25, 0.3) is 16.7 Å². The van der Waals surface area contributed by atoms with Crippen molar-refractivity contribution >= 4 is 22.7 Å². The number of piperazine rings is 1. The number of imidazole rings is 1. The number of aromatic nitrogens is 2. The lowest BCUT2D eigenvalue weighted by Crippen LogP contribution is -2.47. The highest BCUT2D eigenvalue weighted by Crippen LogP contribution is 2.28. The van der Waals surface area contributed by atoms with Crippen molar-refractivity contribution in [3.63, 3.8) is 0 Å². The summed E-state index contributed by atoms with van der Waals surface area (Å²) >= 11 is 0. The molecule has 1 aliphatic heterocycles. The minimum absolute atomic E-state index is 0.0544. The molecule has 0 spiro atoms. The molecular weight excluding hydrogens is 384 g/mol. The molecule has 30 heavy (non-hydrogen) atoms. The number of hydrogen-bond donors (Lipinski definition) is 2. The van der Waals surface area contributed by atoms with Crippen LogP contribution in [0.1, 0.15) is 29.2 Å². The third-order valence-corrected chi connectivity index (χ3v) is 5.53. The number of anilines is 1. The van der Waals surface area contributed by atoms with E-state index in [-0.39, 0.29) is 12.2 Å². The number of hydrogen-bond acceptors (Lipinski definition) is 7. The largest absolute Gasteiger partial charge is 0.545 e. The van der Waals surface area contributed by atoms with Crippen molar-refractivity contribution in [3.05, 3.63) is 53.9 Å². The highest BCUT2D eigenvalue weighted by molar-refractivity contribution is 5.91.